The highest BCUT2D eigenvalue weighted by Crippen LogP contribution is 2.25. The highest BCUT2D eigenvalue weighted by Gasteiger charge is 2.25. The molecule has 0 atom stereocenters. The first-order valence-electron chi connectivity index (χ1n) is 10.5. The summed E-state index contributed by atoms with van der Waals surface area (Å²) in [6.45, 7) is 4.17. The van der Waals surface area contributed by atoms with Gasteiger partial charge in [-0.2, -0.15) is 4.31 Å². The fourth-order valence-corrected chi connectivity index (χ4v) is 5.08. The van der Waals surface area contributed by atoms with E-state index in [1.54, 1.807) is 44.3 Å². The fourth-order valence-electron chi connectivity index (χ4n) is 3.42. The number of hydrogen-bond donors (Lipinski definition) is 2. The third-order valence-electron chi connectivity index (χ3n) is 5.14. The third-order valence-corrected chi connectivity index (χ3v) is 7.30. The van der Waals surface area contributed by atoms with E-state index in [2.05, 4.69) is 15.6 Å². The topological polar surface area (TPSA) is 101 Å². The second-order valence-corrected chi connectivity index (χ2v) is 9.73. The summed E-state index contributed by atoms with van der Waals surface area (Å²) in [6.07, 6.45) is 1.68. The fraction of sp³-hybridized carbons (Fsp3) is 0.304. The van der Waals surface area contributed by atoms with E-state index in [4.69, 9.17) is 16.3 Å². The van der Waals surface area contributed by atoms with Crippen molar-refractivity contribution in [2.45, 2.75) is 18.7 Å². The molecule has 2 N–H and O–H groups in total. The highest BCUT2D eigenvalue weighted by atomic mass is 35.5. The normalized spacial score (nSPS) is 11.5. The van der Waals surface area contributed by atoms with E-state index in [0.29, 0.717) is 29.4 Å². The molecule has 1 amide bonds. The number of ether oxygens (including phenoxy) is 1. The van der Waals surface area contributed by atoms with Crippen molar-refractivity contribution >= 4 is 44.1 Å². The Morgan fingerprint density at radius 1 is 1.15 bits per heavy atom. The summed E-state index contributed by atoms with van der Waals surface area (Å²) in [6, 6.07) is 12.0. The maximum Gasteiger partial charge on any atom is 0.243 e. The summed E-state index contributed by atoms with van der Waals surface area (Å²) in [5.41, 5.74) is 2.35. The SMILES string of the molecule is CCN(CC(=O)NCCNc1ccnc2cc(Cl)ccc12)S(=O)(=O)c1ccc(OC)c(C)c1. The minimum atomic E-state index is -3.81. The Labute approximate surface area is 199 Å². The number of hydrogen-bond acceptors (Lipinski definition) is 6. The Balaban J connectivity index is 1.57. The number of amides is 1. The molecule has 0 aliphatic carbocycles. The zero-order valence-corrected chi connectivity index (χ0v) is 20.3. The number of benzene rings is 2. The van der Waals surface area contributed by atoms with E-state index in [1.807, 2.05) is 12.1 Å². The number of aryl methyl sites for hydroxylation is 1. The molecule has 0 spiro atoms. The van der Waals surface area contributed by atoms with E-state index >= 15 is 0 Å². The number of methoxy groups -OCH3 is 1. The lowest BCUT2D eigenvalue weighted by atomic mass is 10.2. The molecule has 0 bridgehead atoms. The van der Waals surface area contributed by atoms with Crippen molar-refractivity contribution < 1.29 is 17.9 Å². The molecule has 10 heteroatoms. The molecule has 2 aromatic carbocycles. The molecule has 0 unspecified atom stereocenters. The monoisotopic (exact) mass is 490 g/mol. The summed E-state index contributed by atoms with van der Waals surface area (Å²) in [7, 11) is -2.28. The molecule has 176 valence electrons. The van der Waals surface area contributed by atoms with Gasteiger partial charge >= 0.3 is 0 Å². The molecule has 0 aliphatic heterocycles. The van der Waals surface area contributed by atoms with Crippen LogP contribution in [0.5, 0.6) is 5.75 Å². The lowest BCUT2D eigenvalue weighted by molar-refractivity contribution is -0.121. The quantitative estimate of drug-likeness (QED) is 0.422. The molecule has 3 aromatic rings. The zero-order valence-electron chi connectivity index (χ0n) is 18.8. The number of aromatic nitrogens is 1. The molecule has 0 radical (unpaired) electrons. The van der Waals surface area contributed by atoms with Crippen LogP contribution in [0.25, 0.3) is 10.9 Å². The number of rotatable bonds is 10. The number of pyridine rings is 1. The van der Waals surface area contributed by atoms with Crippen molar-refractivity contribution in [2.75, 3.05) is 38.6 Å². The molecule has 33 heavy (non-hydrogen) atoms. The average molecular weight is 491 g/mol. The van der Waals surface area contributed by atoms with Crippen LogP contribution in [0.1, 0.15) is 12.5 Å². The van der Waals surface area contributed by atoms with Gasteiger partial charge in [-0.05, 0) is 55.0 Å². The largest absolute Gasteiger partial charge is 0.496 e. The van der Waals surface area contributed by atoms with Crippen LogP contribution in [0.15, 0.2) is 53.6 Å². The molecular formula is C23H27ClN4O4S. The zero-order chi connectivity index (χ0) is 24.0. The van der Waals surface area contributed by atoms with Crippen LogP contribution in [0, 0.1) is 6.92 Å². The minimum absolute atomic E-state index is 0.127. The number of halogens is 1. The van der Waals surface area contributed by atoms with Gasteiger partial charge < -0.3 is 15.4 Å². The summed E-state index contributed by atoms with van der Waals surface area (Å²) < 4.78 is 32.3. The highest BCUT2D eigenvalue weighted by molar-refractivity contribution is 7.89. The van der Waals surface area contributed by atoms with Gasteiger partial charge in [0.1, 0.15) is 5.75 Å². The van der Waals surface area contributed by atoms with Gasteiger partial charge in [0.15, 0.2) is 0 Å². The summed E-state index contributed by atoms with van der Waals surface area (Å²) in [5.74, 6) is 0.228. The maximum atomic E-state index is 13.0. The molecule has 0 aliphatic rings. The van der Waals surface area contributed by atoms with Gasteiger partial charge in [0.2, 0.25) is 15.9 Å². The first-order chi connectivity index (χ1) is 15.8. The molecule has 1 aromatic heterocycles. The summed E-state index contributed by atoms with van der Waals surface area (Å²) in [5, 5.41) is 7.56. The van der Waals surface area contributed by atoms with Crippen molar-refractivity contribution in [3.8, 4) is 5.75 Å². The number of carbonyl (C=O) groups is 1. The Bertz CT molecular complexity index is 1250. The smallest absolute Gasteiger partial charge is 0.243 e. The first kappa shape index (κ1) is 24.8. The molecule has 3 rings (SSSR count). The van der Waals surface area contributed by atoms with Gasteiger partial charge in [-0.15, -0.1) is 0 Å². The van der Waals surface area contributed by atoms with Crippen molar-refractivity contribution in [1.82, 2.24) is 14.6 Å². The van der Waals surface area contributed by atoms with Crippen LogP contribution < -0.4 is 15.4 Å². The summed E-state index contributed by atoms with van der Waals surface area (Å²) >= 11 is 6.02. The first-order valence-corrected chi connectivity index (χ1v) is 12.3. The number of nitrogens with zero attached hydrogens (tertiary/aromatic N) is 2. The van der Waals surface area contributed by atoms with E-state index in [1.165, 1.54) is 13.2 Å². The predicted molar refractivity (Wildman–Crippen MR) is 130 cm³/mol. The number of fused-ring (bicyclic) bond motifs is 1. The lowest BCUT2D eigenvalue weighted by Crippen LogP contribution is -2.41. The Morgan fingerprint density at radius 3 is 2.64 bits per heavy atom. The predicted octanol–water partition coefficient (Wildman–Crippen LogP) is 3.44. The Kier molecular flexibility index (Phi) is 8.12. The van der Waals surface area contributed by atoms with Crippen LogP contribution in [0.2, 0.25) is 5.02 Å². The standard InChI is InChI=1S/C23H27ClN4O4S/c1-4-28(33(30,31)18-6-8-22(32-3)16(2)13-18)15-23(29)27-12-11-26-20-9-10-25-21-14-17(24)5-7-19(20)21/h5-10,13-14H,4,11-12,15H2,1-3H3,(H,25,26)(H,27,29). The maximum absolute atomic E-state index is 13.0. The number of anilines is 1. The summed E-state index contributed by atoms with van der Waals surface area (Å²) in [4.78, 5) is 16.9. The average Bonchev–Trinajstić information content (AvgIpc) is 2.79. The van der Waals surface area contributed by atoms with Crippen LogP contribution in [-0.4, -0.2) is 56.9 Å². The van der Waals surface area contributed by atoms with Crippen LogP contribution in [0.4, 0.5) is 5.69 Å². The van der Waals surface area contributed by atoms with E-state index in [9.17, 15) is 13.2 Å². The van der Waals surface area contributed by atoms with Gasteiger partial charge in [0.05, 0.1) is 24.1 Å². The van der Waals surface area contributed by atoms with Crippen molar-refractivity contribution in [3.63, 3.8) is 0 Å². The van der Waals surface area contributed by atoms with Crippen LogP contribution in [0.3, 0.4) is 0 Å². The second-order valence-electron chi connectivity index (χ2n) is 7.36. The van der Waals surface area contributed by atoms with E-state index in [-0.39, 0.29) is 23.9 Å². The Hall–Kier alpha value is -2.88. The minimum Gasteiger partial charge on any atom is -0.496 e. The van der Waals surface area contributed by atoms with Gasteiger partial charge in [-0.25, -0.2) is 8.42 Å². The molecule has 0 saturated heterocycles. The van der Waals surface area contributed by atoms with Crippen LogP contribution >= 0.6 is 11.6 Å². The van der Waals surface area contributed by atoms with Crippen molar-refractivity contribution in [1.29, 1.82) is 0 Å². The van der Waals surface area contributed by atoms with Crippen molar-refractivity contribution in [3.05, 3.63) is 59.2 Å². The Morgan fingerprint density at radius 2 is 1.94 bits per heavy atom. The second kappa shape index (κ2) is 10.8. The van der Waals surface area contributed by atoms with Gasteiger partial charge in [0, 0.05) is 41.9 Å². The lowest BCUT2D eigenvalue weighted by Gasteiger charge is -2.20. The molecule has 8 nitrogen and oxygen atoms in total. The molecular weight excluding hydrogens is 464 g/mol. The van der Waals surface area contributed by atoms with Gasteiger partial charge in [-0.3, -0.25) is 9.78 Å². The number of nitrogens with one attached hydrogen (secondary N) is 2. The number of likely N-dealkylation sites (N-methyl/N-ethyl adjacent to an activating group) is 1. The number of sulfonamides is 1. The third kappa shape index (κ3) is 5.93. The van der Waals surface area contributed by atoms with Crippen molar-refractivity contribution in [2.24, 2.45) is 0 Å². The molecule has 0 fully saturated rings. The van der Waals surface area contributed by atoms with E-state index < -0.39 is 10.0 Å². The van der Waals surface area contributed by atoms with Gasteiger partial charge in [0.25, 0.3) is 0 Å². The molecule has 1 heterocycles. The molecule has 0 saturated carbocycles. The van der Waals surface area contributed by atoms with E-state index in [0.717, 1.165) is 20.9 Å². The number of carbonyl (C=O) groups excluding carboxylic acids is 1. The van der Waals surface area contributed by atoms with Crippen LogP contribution in [-0.2, 0) is 14.8 Å². The van der Waals surface area contributed by atoms with Gasteiger partial charge in [-0.1, -0.05) is 18.5 Å².